The smallest absolute Gasteiger partial charge is 0.253 e. The quantitative estimate of drug-likeness (QED) is 0.826. The molecule has 1 aliphatic rings. The summed E-state index contributed by atoms with van der Waals surface area (Å²) in [6, 6.07) is 11.2. The molecule has 2 amide bonds. The number of nitrogens with zero attached hydrogens (tertiary/aromatic N) is 2. The first kappa shape index (κ1) is 17.5. The number of piperazine rings is 1. The molecule has 132 valence electrons. The second-order valence-electron chi connectivity index (χ2n) is 5.89. The Morgan fingerprint density at radius 2 is 1.72 bits per heavy atom. The Hall–Kier alpha value is -2.34. The van der Waals surface area contributed by atoms with Gasteiger partial charge in [0.15, 0.2) is 0 Å². The van der Waals surface area contributed by atoms with Crippen LogP contribution in [0.25, 0.3) is 0 Å². The van der Waals surface area contributed by atoms with Crippen molar-refractivity contribution >= 4 is 23.2 Å². The van der Waals surface area contributed by atoms with Crippen molar-refractivity contribution in [3.05, 3.63) is 52.2 Å². The van der Waals surface area contributed by atoms with Crippen LogP contribution in [0.15, 0.2) is 41.8 Å². The molecule has 0 spiro atoms. The minimum Gasteiger partial charge on any atom is -0.494 e. The average molecular weight is 358 g/mol. The Balaban J connectivity index is 1.52. The predicted octanol–water partition coefficient (Wildman–Crippen LogP) is 2.67. The lowest BCUT2D eigenvalue weighted by atomic mass is 10.1. The van der Waals surface area contributed by atoms with Crippen LogP contribution in [-0.2, 0) is 11.2 Å². The summed E-state index contributed by atoms with van der Waals surface area (Å²) in [5.41, 5.74) is 0.654. The molecule has 25 heavy (non-hydrogen) atoms. The molecule has 0 unspecified atom stereocenters. The summed E-state index contributed by atoms with van der Waals surface area (Å²) >= 11 is 1.60. The highest BCUT2D eigenvalue weighted by Crippen LogP contribution is 2.16. The zero-order valence-corrected chi connectivity index (χ0v) is 15.1. The van der Waals surface area contributed by atoms with Crippen LogP contribution in [0, 0.1) is 0 Å². The number of amides is 2. The molecule has 1 fully saturated rings. The van der Waals surface area contributed by atoms with Gasteiger partial charge in [-0.25, -0.2) is 0 Å². The van der Waals surface area contributed by atoms with Gasteiger partial charge in [0.25, 0.3) is 5.91 Å². The largest absolute Gasteiger partial charge is 0.494 e. The van der Waals surface area contributed by atoms with Crippen LogP contribution in [0.1, 0.15) is 22.2 Å². The Labute approximate surface area is 151 Å². The van der Waals surface area contributed by atoms with Gasteiger partial charge in [0.1, 0.15) is 5.75 Å². The van der Waals surface area contributed by atoms with Gasteiger partial charge in [-0.15, -0.1) is 11.3 Å². The molecular weight excluding hydrogens is 336 g/mol. The predicted molar refractivity (Wildman–Crippen MR) is 98.1 cm³/mol. The van der Waals surface area contributed by atoms with Gasteiger partial charge in [0.05, 0.1) is 13.0 Å². The van der Waals surface area contributed by atoms with E-state index < -0.39 is 0 Å². The van der Waals surface area contributed by atoms with Crippen molar-refractivity contribution < 1.29 is 14.3 Å². The first-order chi connectivity index (χ1) is 12.2. The first-order valence-corrected chi connectivity index (χ1v) is 9.37. The maximum Gasteiger partial charge on any atom is 0.253 e. The third-order valence-electron chi connectivity index (χ3n) is 4.24. The average Bonchev–Trinajstić information content (AvgIpc) is 3.15. The number of carbonyl (C=O) groups is 2. The van der Waals surface area contributed by atoms with E-state index in [-0.39, 0.29) is 11.8 Å². The van der Waals surface area contributed by atoms with Crippen LogP contribution >= 0.6 is 11.3 Å². The fraction of sp³-hybridized carbons (Fsp3) is 0.368. The van der Waals surface area contributed by atoms with Crippen molar-refractivity contribution in [1.29, 1.82) is 0 Å². The highest BCUT2D eigenvalue weighted by Gasteiger charge is 2.25. The van der Waals surface area contributed by atoms with Crippen LogP contribution in [0.2, 0.25) is 0 Å². The molecule has 1 aromatic carbocycles. The fourth-order valence-corrected chi connectivity index (χ4v) is 3.57. The second-order valence-corrected chi connectivity index (χ2v) is 6.92. The Bertz CT molecular complexity index is 705. The van der Waals surface area contributed by atoms with Gasteiger partial charge in [-0.3, -0.25) is 9.59 Å². The van der Waals surface area contributed by atoms with E-state index in [1.54, 1.807) is 23.5 Å². The highest BCUT2D eigenvalue weighted by atomic mass is 32.1. The number of ether oxygens (including phenoxy) is 1. The van der Waals surface area contributed by atoms with Gasteiger partial charge in [-0.1, -0.05) is 6.07 Å². The molecular formula is C19H22N2O3S. The third-order valence-corrected chi connectivity index (χ3v) is 5.11. The zero-order valence-electron chi connectivity index (χ0n) is 14.3. The monoisotopic (exact) mass is 358 g/mol. The van der Waals surface area contributed by atoms with E-state index in [9.17, 15) is 9.59 Å². The van der Waals surface area contributed by atoms with Gasteiger partial charge < -0.3 is 14.5 Å². The maximum atomic E-state index is 12.6. The van der Waals surface area contributed by atoms with Crippen molar-refractivity contribution in [3.63, 3.8) is 0 Å². The summed E-state index contributed by atoms with van der Waals surface area (Å²) in [5, 5.41) is 1.98. The number of thiophene rings is 1. The van der Waals surface area contributed by atoms with Crippen LogP contribution < -0.4 is 4.74 Å². The maximum absolute atomic E-state index is 12.6. The Kier molecular flexibility index (Phi) is 5.71. The second kappa shape index (κ2) is 8.16. The van der Waals surface area contributed by atoms with E-state index in [1.807, 2.05) is 46.4 Å². The molecule has 2 heterocycles. The van der Waals surface area contributed by atoms with Crippen LogP contribution in [-0.4, -0.2) is 54.4 Å². The summed E-state index contributed by atoms with van der Waals surface area (Å²) in [7, 11) is 0. The number of hydrogen-bond donors (Lipinski definition) is 0. The third kappa shape index (κ3) is 4.39. The van der Waals surface area contributed by atoms with Crippen LogP contribution in [0.3, 0.4) is 0 Å². The topological polar surface area (TPSA) is 49.9 Å². The molecule has 6 heteroatoms. The first-order valence-electron chi connectivity index (χ1n) is 8.49. The molecule has 0 radical (unpaired) electrons. The van der Waals surface area contributed by atoms with Crippen molar-refractivity contribution in [3.8, 4) is 5.75 Å². The summed E-state index contributed by atoms with van der Waals surface area (Å²) in [6.45, 7) is 4.86. The molecule has 2 aromatic rings. The summed E-state index contributed by atoms with van der Waals surface area (Å²) < 4.78 is 5.40. The van der Waals surface area contributed by atoms with E-state index in [2.05, 4.69) is 0 Å². The zero-order chi connectivity index (χ0) is 17.6. The van der Waals surface area contributed by atoms with Crippen LogP contribution in [0.4, 0.5) is 0 Å². The highest BCUT2D eigenvalue weighted by molar-refractivity contribution is 7.10. The van der Waals surface area contributed by atoms with Gasteiger partial charge in [0.2, 0.25) is 5.91 Å². The van der Waals surface area contributed by atoms with E-state index in [0.717, 1.165) is 10.6 Å². The molecule has 0 N–H and O–H groups in total. The Morgan fingerprint density at radius 3 is 2.32 bits per heavy atom. The van der Waals surface area contributed by atoms with Gasteiger partial charge in [-0.2, -0.15) is 0 Å². The minimum absolute atomic E-state index is 0.00778. The number of benzene rings is 1. The minimum atomic E-state index is 0.00778. The van der Waals surface area contributed by atoms with Crippen molar-refractivity contribution in [2.75, 3.05) is 32.8 Å². The Morgan fingerprint density at radius 1 is 1.04 bits per heavy atom. The van der Waals surface area contributed by atoms with Gasteiger partial charge in [-0.05, 0) is 42.6 Å². The summed E-state index contributed by atoms with van der Waals surface area (Å²) in [4.78, 5) is 29.7. The van der Waals surface area contributed by atoms with E-state index >= 15 is 0 Å². The molecule has 0 aliphatic carbocycles. The van der Waals surface area contributed by atoms with Crippen LogP contribution in [0.5, 0.6) is 5.75 Å². The van der Waals surface area contributed by atoms with Crippen molar-refractivity contribution in [1.82, 2.24) is 9.80 Å². The van der Waals surface area contributed by atoms with E-state index in [4.69, 9.17) is 4.74 Å². The molecule has 5 nitrogen and oxygen atoms in total. The van der Waals surface area contributed by atoms with Crippen molar-refractivity contribution in [2.24, 2.45) is 0 Å². The summed E-state index contributed by atoms with van der Waals surface area (Å²) in [5.74, 6) is 0.909. The molecule has 0 saturated carbocycles. The molecule has 1 aliphatic heterocycles. The number of hydrogen-bond acceptors (Lipinski definition) is 4. The molecule has 1 aromatic heterocycles. The molecule has 0 atom stereocenters. The SMILES string of the molecule is CCOc1ccc(C(=O)N2CCN(C(=O)Cc3cccs3)CC2)cc1. The normalized spacial score (nSPS) is 14.4. The number of rotatable bonds is 5. The fourth-order valence-electron chi connectivity index (χ4n) is 2.88. The van der Waals surface area contributed by atoms with E-state index in [1.165, 1.54) is 0 Å². The lowest BCUT2D eigenvalue weighted by Gasteiger charge is -2.34. The standard InChI is InChI=1S/C19H22N2O3S/c1-2-24-16-7-5-15(6-8-16)19(23)21-11-9-20(10-12-21)18(22)14-17-4-3-13-25-17/h3-8,13H,2,9-12,14H2,1H3. The molecule has 3 rings (SSSR count). The number of carbonyl (C=O) groups excluding carboxylic acids is 2. The van der Waals surface area contributed by atoms with Gasteiger partial charge in [0, 0.05) is 36.6 Å². The van der Waals surface area contributed by atoms with Gasteiger partial charge >= 0.3 is 0 Å². The summed E-state index contributed by atoms with van der Waals surface area (Å²) in [6.07, 6.45) is 0.449. The molecule has 1 saturated heterocycles. The van der Waals surface area contributed by atoms with Crippen molar-refractivity contribution in [2.45, 2.75) is 13.3 Å². The lowest BCUT2D eigenvalue weighted by molar-refractivity contribution is -0.131. The lowest BCUT2D eigenvalue weighted by Crippen LogP contribution is -2.50. The van der Waals surface area contributed by atoms with E-state index in [0.29, 0.717) is 44.8 Å². The molecule has 0 bridgehead atoms.